The molecule has 0 heteroatoms. The standard InChI is InChI=1S/C14H20/c1-3-8-13(9-4-2)12-14-10-6-5-7-11-14/h5-7,10-12H,3-4,8-9H2,1-2H3. The Morgan fingerprint density at radius 1 is 1.00 bits per heavy atom. The van der Waals surface area contributed by atoms with Crippen molar-refractivity contribution in [3.05, 3.63) is 41.5 Å². The summed E-state index contributed by atoms with van der Waals surface area (Å²) >= 11 is 0. The molecule has 76 valence electrons. The van der Waals surface area contributed by atoms with E-state index in [1.165, 1.54) is 31.2 Å². The van der Waals surface area contributed by atoms with Crippen LogP contribution in [-0.4, -0.2) is 0 Å². The minimum atomic E-state index is 1.24. The molecule has 1 rings (SSSR count). The molecule has 0 saturated heterocycles. The first-order chi connectivity index (χ1) is 6.86. The van der Waals surface area contributed by atoms with Crippen LogP contribution in [0.2, 0.25) is 0 Å². The van der Waals surface area contributed by atoms with E-state index < -0.39 is 0 Å². The first-order valence-electron chi connectivity index (χ1n) is 5.61. The largest absolute Gasteiger partial charge is 0.0696 e. The molecule has 0 amide bonds. The summed E-state index contributed by atoms with van der Waals surface area (Å²) in [5.74, 6) is 0. The summed E-state index contributed by atoms with van der Waals surface area (Å²) in [6.45, 7) is 4.49. The molecule has 0 spiro atoms. The second-order valence-electron chi connectivity index (χ2n) is 3.71. The maximum Gasteiger partial charge on any atom is -0.0257 e. The quantitative estimate of drug-likeness (QED) is 0.630. The molecule has 0 radical (unpaired) electrons. The third-order valence-corrected chi connectivity index (χ3v) is 2.31. The predicted molar refractivity (Wildman–Crippen MR) is 64.2 cm³/mol. The van der Waals surface area contributed by atoms with E-state index in [-0.39, 0.29) is 0 Å². The molecule has 0 aliphatic rings. The maximum absolute atomic E-state index is 2.34. The van der Waals surface area contributed by atoms with Crippen molar-refractivity contribution in [3.63, 3.8) is 0 Å². The molecule has 0 unspecified atom stereocenters. The Kier molecular flexibility index (Phi) is 5.06. The van der Waals surface area contributed by atoms with E-state index in [1.807, 2.05) is 0 Å². The number of hydrogen-bond acceptors (Lipinski definition) is 0. The van der Waals surface area contributed by atoms with E-state index in [4.69, 9.17) is 0 Å². The summed E-state index contributed by atoms with van der Waals surface area (Å²) in [4.78, 5) is 0. The molecule has 0 N–H and O–H groups in total. The first-order valence-corrected chi connectivity index (χ1v) is 5.61. The van der Waals surface area contributed by atoms with Crippen LogP contribution in [-0.2, 0) is 0 Å². The number of hydrogen-bond donors (Lipinski definition) is 0. The lowest BCUT2D eigenvalue weighted by Crippen LogP contribution is -1.83. The SMILES string of the molecule is CCCC(=Cc1ccccc1)CCC. The van der Waals surface area contributed by atoms with E-state index in [2.05, 4.69) is 50.3 Å². The maximum atomic E-state index is 2.34. The molecule has 0 aliphatic carbocycles. The Labute approximate surface area is 87.7 Å². The van der Waals surface area contributed by atoms with Gasteiger partial charge < -0.3 is 0 Å². The monoisotopic (exact) mass is 188 g/mol. The second kappa shape index (κ2) is 6.42. The molecule has 0 atom stereocenters. The van der Waals surface area contributed by atoms with Crippen LogP contribution < -0.4 is 0 Å². The van der Waals surface area contributed by atoms with Gasteiger partial charge in [0, 0.05) is 0 Å². The zero-order chi connectivity index (χ0) is 10.2. The molecule has 0 bridgehead atoms. The number of benzene rings is 1. The smallest absolute Gasteiger partial charge is 0.0257 e. The van der Waals surface area contributed by atoms with Crippen LogP contribution in [0.25, 0.3) is 6.08 Å². The van der Waals surface area contributed by atoms with Gasteiger partial charge in [0.15, 0.2) is 0 Å². The fourth-order valence-electron chi connectivity index (χ4n) is 1.70. The summed E-state index contributed by atoms with van der Waals surface area (Å²) < 4.78 is 0. The molecule has 0 heterocycles. The van der Waals surface area contributed by atoms with Crippen LogP contribution in [0.5, 0.6) is 0 Å². The summed E-state index contributed by atoms with van der Waals surface area (Å²) in [5, 5.41) is 0. The van der Waals surface area contributed by atoms with E-state index in [1.54, 1.807) is 5.57 Å². The lowest BCUT2D eigenvalue weighted by molar-refractivity contribution is 0.810. The molecule has 1 aromatic rings. The number of rotatable bonds is 5. The summed E-state index contributed by atoms with van der Waals surface area (Å²) in [6, 6.07) is 10.6. The Morgan fingerprint density at radius 3 is 2.07 bits per heavy atom. The minimum Gasteiger partial charge on any atom is -0.0696 e. The second-order valence-corrected chi connectivity index (χ2v) is 3.71. The Balaban J connectivity index is 2.71. The van der Waals surface area contributed by atoms with Crippen molar-refractivity contribution in [2.45, 2.75) is 39.5 Å². The van der Waals surface area contributed by atoms with E-state index in [0.29, 0.717) is 0 Å². The molecular weight excluding hydrogens is 168 g/mol. The van der Waals surface area contributed by atoms with Gasteiger partial charge in [0.05, 0.1) is 0 Å². The van der Waals surface area contributed by atoms with Crippen LogP contribution in [0.4, 0.5) is 0 Å². The van der Waals surface area contributed by atoms with Gasteiger partial charge in [-0.05, 0) is 18.4 Å². The molecular formula is C14H20. The lowest BCUT2D eigenvalue weighted by atomic mass is 10.0. The van der Waals surface area contributed by atoms with Crippen LogP contribution in [0, 0.1) is 0 Å². The van der Waals surface area contributed by atoms with Crippen molar-refractivity contribution in [2.75, 3.05) is 0 Å². The number of allylic oxidation sites excluding steroid dienone is 1. The lowest BCUT2D eigenvalue weighted by Gasteiger charge is -2.04. The molecule has 0 aliphatic heterocycles. The minimum absolute atomic E-state index is 1.24. The van der Waals surface area contributed by atoms with Gasteiger partial charge in [-0.2, -0.15) is 0 Å². The van der Waals surface area contributed by atoms with Gasteiger partial charge in [0.1, 0.15) is 0 Å². The van der Waals surface area contributed by atoms with Gasteiger partial charge >= 0.3 is 0 Å². The van der Waals surface area contributed by atoms with Gasteiger partial charge in [0.25, 0.3) is 0 Å². The first kappa shape index (κ1) is 11.0. The van der Waals surface area contributed by atoms with E-state index in [0.717, 1.165) is 0 Å². The highest BCUT2D eigenvalue weighted by Crippen LogP contribution is 2.16. The fourth-order valence-corrected chi connectivity index (χ4v) is 1.70. The van der Waals surface area contributed by atoms with Crippen molar-refractivity contribution in [1.29, 1.82) is 0 Å². The molecule has 0 aromatic heterocycles. The molecule has 0 fully saturated rings. The highest BCUT2D eigenvalue weighted by Gasteiger charge is 1.95. The van der Waals surface area contributed by atoms with Crippen molar-refractivity contribution >= 4 is 6.08 Å². The Hall–Kier alpha value is -1.04. The van der Waals surface area contributed by atoms with Crippen LogP contribution in [0.3, 0.4) is 0 Å². The van der Waals surface area contributed by atoms with Gasteiger partial charge in [-0.3, -0.25) is 0 Å². The highest BCUT2D eigenvalue weighted by molar-refractivity contribution is 5.52. The average Bonchev–Trinajstić information content (AvgIpc) is 2.20. The van der Waals surface area contributed by atoms with E-state index in [9.17, 15) is 0 Å². The zero-order valence-electron chi connectivity index (χ0n) is 9.29. The van der Waals surface area contributed by atoms with Crippen molar-refractivity contribution in [3.8, 4) is 0 Å². The normalized spacial score (nSPS) is 9.86. The summed E-state index contributed by atoms with van der Waals surface area (Å²) in [6.07, 6.45) is 7.32. The van der Waals surface area contributed by atoms with E-state index >= 15 is 0 Å². The predicted octanol–water partition coefficient (Wildman–Crippen LogP) is 4.67. The molecule has 14 heavy (non-hydrogen) atoms. The van der Waals surface area contributed by atoms with Crippen LogP contribution in [0.1, 0.15) is 45.1 Å². The van der Waals surface area contributed by atoms with Gasteiger partial charge in [-0.15, -0.1) is 0 Å². The van der Waals surface area contributed by atoms with Crippen molar-refractivity contribution in [1.82, 2.24) is 0 Å². The highest BCUT2D eigenvalue weighted by atomic mass is 14.0. The molecule has 0 nitrogen and oxygen atoms in total. The van der Waals surface area contributed by atoms with Gasteiger partial charge in [0.2, 0.25) is 0 Å². The fraction of sp³-hybridized carbons (Fsp3) is 0.429. The van der Waals surface area contributed by atoms with Gasteiger partial charge in [-0.1, -0.05) is 68.7 Å². The van der Waals surface area contributed by atoms with Crippen molar-refractivity contribution in [2.24, 2.45) is 0 Å². The third-order valence-electron chi connectivity index (χ3n) is 2.31. The zero-order valence-corrected chi connectivity index (χ0v) is 9.29. The van der Waals surface area contributed by atoms with Crippen LogP contribution in [0.15, 0.2) is 35.9 Å². The third kappa shape index (κ3) is 3.78. The Bertz CT molecular complexity index is 261. The molecule has 0 saturated carbocycles. The topological polar surface area (TPSA) is 0 Å². The average molecular weight is 188 g/mol. The summed E-state index contributed by atoms with van der Waals surface area (Å²) in [5.41, 5.74) is 2.92. The van der Waals surface area contributed by atoms with Crippen molar-refractivity contribution < 1.29 is 0 Å². The summed E-state index contributed by atoms with van der Waals surface area (Å²) in [7, 11) is 0. The van der Waals surface area contributed by atoms with Gasteiger partial charge in [-0.25, -0.2) is 0 Å². The Morgan fingerprint density at radius 2 is 1.57 bits per heavy atom. The molecule has 1 aromatic carbocycles. The van der Waals surface area contributed by atoms with Crippen LogP contribution >= 0.6 is 0 Å².